The molecule has 0 bridgehead atoms. The summed E-state index contributed by atoms with van der Waals surface area (Å²) in [7, 11) is 0. The fraction of sp³-hybridized carbons (Fsp3) is 0.0526. The van der Waals surface area contributed by atoms with Gasteiger partial charge in [0.1, 0.15) is 18.2 Å². The number of carbonyl (C=O) groups excluding carboxylic acids is 1. The normalized spacial score (nSPS) is 10.2. The van der Waals surface area contributed by atoms with E-state index < -0.39 is 0 Å². The highest BCUT2D eigenvalue weighted by molar-refractivity contribution is 6.04. The molecular formula is C19H15FN2O2. The molecule has 1 amide bonds. The van der Waals surface area contributed by atoms with Crippen LogP contribution in [0.4, 0.5) is 10.1 Å². The summed E-state index contributed by atoms with van der Waals surface area (Å²) in [5, 5.41) is 2.79. The number of amides is 1. The largest absolute Gasteiger partial charge is 0.489 e. The fourth-order valence-electron chi connectivity index (χ4n) is 2.13. The SMILES string of the molecule is O=C(Nc1ccc(OCc2cccc(F)c2)cc1)c1ccncc1. The maximum atomic E-state index is 13.1. The molecule has 0 radical (unpaired) electrons. The molecule has 0 saturated heterocycles. The van der Waals surface area contributed by atoms with Crippen LogP contribution < -0.4 is 10.1 Å². The second-order valence-electron chi connectivity index (χ2n) is 5.13. The standard InChI is InChI=1S/C19H15FN2O2/c20-16-3-1-2-14(12-16)13-24-18-6-4-17(5-7-18)22-19(23)15-8-10-21-11-9-15/h1-12H,13H2,(H,22,23). The smallest absolute Gasteiger partial charge is 0.255 e. The van der Waals surface area contributed by atoms with Gasteiger partial charge in [-0.05, 0) is 54.1 Å². The number of benzene rings is 2. The Morgan fingerprint density at radius 2 is 1.79 bits per heavy atom. The van der Waals surface area contributed by atoms with E-state index in [1.54, 1.807) is 60.9 Å². The lowest BCUT2D eigenvalue weighted by atomic mass is 10.2. The minimum Gasteiger partial charge on any atom is -0.489 e. The highest BCUT2D eigenvalue weighted by Gasteiger charge is 2.05. The summed E-state index contributed by atoms with van der Waals surface area (Å²) in [6, 6.07) is 16.6. The van der Waals surface area contributed by atoms with Gasteiger partial charge in [-0.1, -0.05) is 12.1 Å². The third-order valence-corrected chi connectivity index (χ3v) is 3.35. The van der Waals surface area contributed by atoms with Gasteiger partial charge in [0.05, 0.1) is 0 Å². The van der Waals surface area contributed by atoms with Crippen molar-refractivity contribution in [3.63, 3.8) is 0 Å². The van der Waals surface area contributed by atoms with Gasteiger partial charge in [-0.25, -0.2) is 4.39 Å². The van der Waals surface area contributed by atoms with Crippen molar-refractivity contribution in [3.05, 3.63) is 90.0 Å². The number of aromatic nitrogens is 1. The van der Waals surface area contributed by atoms with E-state index in [2.05, 4.69) is 10.3 Å². The lowest BCUT2D eigenvalue weighted by molar-refractivity contribution is 0.102. The first-order valence-electron chi connectivity index (χ1n) is 7.39. The molecule has 1 heterocycles. The van der Waals surface area contributed by atoms with Crippen LogP contribution in [0.25, 0.3) is 0 Å². The number of rotatable bonds is 5. The first-order valence-corrected chi connectivity index (χ1v) is 7.39. The maximum Gasteiger partial charge on any atom is 0.255 e. The summed E-state index contributed by atoms with van der Waals surface area (Å²) < 4.78 is 18.7. The Kier molecular flexibility index (Phi) is 4.81. The van der Waals surface area contributed by atoms with Crippen LogP contribution in [0.5, 0.6) is 5.75 Å². The van der Waals surface area contributed by atoms with Gasteiger partial charge in [0, 0.05) is 23.6 Å². The Labute approximate surface area is 138 Å². The molecule has 0 fully saturated rings. The van der Waals surface area contributed by atoms with E-state index in [0.717, 1.165) is 5.56 Å². The van der Waals surface area contributed by atoms with Crippen LogP contribution >= 0.6 is 0 Å². The maximum absolute atomic E-state index is 13.1. The highest BCUT2D eigenvalue weighted by atomic mass is 19.1. The molecule has 0 atom stereocenters. The zero-order valence-corrected chi connectivity index (χ0v) is 12.8. The molecule has 4 nitrogen and oxygen atoms in total. The minimum absolute atomic E-state index is 0.203. The zero-order valence-electron chi connectivity index (χ0n) is 12.8. The van der Waals surface area contributed by atoms with E-state index in [9.17, 15) is 9.18 Å². The van der Waals surface area contributed by atoms with Gasteiger partial charge >= 0.3 is 0 Å². The van der Waals surface area contributed by atoms with Crippen LogP contribution in [0, 0.1) is 5.82 Å². The lowest BCUT2D eigenvalue weighted by Gasteiger charge is -2.08. The fourth-order valence-corrected chi connectivity index (χ4v) is 2.13. The molecule has 0 saturated carbocycles. The van der Waals surface area contributed by atoms with E-state index in [0.29, 0.717) is 17.0 Å². The van der Waals surface area contributed by atoms with Crippen LogP contribution in [0.1, 0.15) is 15.9 Å². The topological polar surface area (TPSA) is 51.2 Å². The van der Waals surface area contributed by atoms with E-state index in [4.69, 9.17) is 4.74 Å². The second-order valence-corrected chi connectivity index (χ2v) is 5.13. The molecule has 1 N–H and O–H groups in total. The Balaban J connectivity index is 1.58. The molecule has 1 aromatic heterocycles. The molecule has 5 heteroatoms. The summed E-state index contributed by atoms with van der Waals surface area (Å²) in [5.41, 5.74) is 1.96. The number of ether oxygens (including phenoxy) is 1. The van der Waals surface area contributed by atoms with Crippen molar-refractivity contribution in [3.8, 4) is 5.75 Å². The summed E-state index contributed by atoms with van der Waals surface area (Å²) in [4.78, 5) is 15.9. The number of carbonyl (C=O) groups is 1. The molecule has 3 rings (SSSR count). The van der Waals surface area contributed by atoms with Crippen molar-refractivity contribution in [2.24, 2.45) is 0 Å². The minimum atomic E-state index is -0.287. The molecule has 2 aromatic carbocycles. The van der Waals surface area contributed by atoms with Gasteiger partial charge in [0.25, 0.3) is 5.91 Å². The molecule has 0 aliphatic heterocycles. The summed E-state index contributed by atoms with van der Waals surface area (Å²) in [6.45, 7) is 0.278. The Hall–Kier alpha value is -3.21. The third-order valence-electron chi connectivity index (χ3n) is 3.35. The van der Waals surface area contributed by atoms with Gasteiger partial charge in [-0.2, -0.15) is 0 Å². The predicted molar refractivity (Wildman–Crippen MR) is 89.4 cm³/mol. The Morgan fingerprint density at radius 1 is 1.04 bits per heavy atom. The first-order chi connectivity index (χ1) is 11.7. The number of hydrogen-bond donors (Lipinski definition) is 1. The number of halogens is 1. The summed E-state index contributed by atoms with van der Waals surface area (Å²) >= 11 is 0. The van der Waals surface area contributed by atoms with Crippen LogP contribution in [0.3, 0.4) is 0 Å². The van der Waals surface area contributed by atoms with Crippen molar-refractivity contribution in [2.45, 2.75) is 6.61 Å². The first kappa shape index (κ1) is 15.7. The quantitative estimate of drug-likeness (QED) is 0.771. The second kappa shape index (κ2) is 7.37. The third kappa shape index (κ3) is 4.16. The number of nitrogens with zero attached hydrogens (tertiary/aromatic N) is 1. The van der Waals surface area contributed by atoms with Gasteiger partial charge in [-0.3, -0.25) is 9.78 Å². The van der Waals surface area contributed by atoms with Crippen molar-refractivity contribution in [1.29, 1.82) is 0 Å². The molecule has 24 heavy (non-hydrogen) atoms. The van der Waals surface area contributed by atoms with Crippen molar-refractivity contribution in [1.82, 2.24) is 4.98 Å². The molecule has 0 aliphatic rings. The van der Waals surface area contributed by atoms with E-state index in [1.165, 1.54) is 12.1 Å². The van der Waals surface area contributed by atoms with E-state index in [-0.39, 0.29) is 18.3 Å². The van der Waals surface area contributed by atoms with E-state index in [1.807, 2.05) is 0 Å². The Morgan fingerprint density at radius 3 is 2.50 bits per heavy atom. The zero-order chi connectivity index (χ0) is 16.8. The number of pyridine rings is 1. The molecule has 0 aliphatic carbocycles. The van der Waals surface area contributed by atoms with Crippen molar-refractivity contribution < 1.29 is 13.9 Å². The number of anilines is 1. The molecule has 0 unspecified atom stereocenters. The summed E-state index contributed by atoms with van der Waals surface area (Å²) in [6.07, 6.45) is 3.14. The highest BCUT2D eigenvalue weighted by Crippen LogP contribution is 2.18. The average Bonchev–Trinajstić information content (AvgIpc) is 2.62. The monoisotopic (exact) mass is 322 g/mol. The van der Waals surface area contributed by atoms with Gasteiger partial charge in [0.2, 0.25) is 0 Å². The van der Waals surface area contributed by atoms with Crippen LogP contribution in [-0.4, -0.2) is 10.9 Å². The van der Waals surface area contributed by atoms with Gasteiger partial charge < -0.3 is 10.1 Å². The predicted octanol–water partition coefficient (Wildman–Crippen LogP) is 4.05. The molecule has 120 valence electrons. The van der Waals surface area contributed by atoms with Crippen LogP contribution in [0.15, 0.2) is 73.1 Å². The lowest BCUT2D eigenvalue weighted by Crippen LogP contribution is -2.11. The van der Waals surface area contributed by atoms with Crippen LogP contribution in [0.2, 0.25) is 0 Å². The summed E-state index contributed by atoms with van der Waals surface area (Å²) in [5.74, 6) is 0.150. The molecule has 3 aromatic rings. The van der Waals surface area contributed by atoms with Crippen molar-refractivity contribution in [2.75, 3.05) is 5.32 Å². The van der Waals surface area contributed by atoms with Gasteiger partial charge in [0.15, 0.2) is 0 Å². The van der Waals surface area contributed by atoms with Crippen LogP contribution in [-0.2, 0) is 6.61 Å². The number of hydrogen-bond acceptors (Lipinski definition) is 3. The number of nitrogens with one attached hydrogen (secondary N) is 1. The average molecular weight is 322 g/mol. The molecular weight excluding hydrogens is 307 g/mol. The van der Waals surface area contributed by atoms with Gasteiger partial charge in [-0.15, -0.1) is 0 Å². The van der Waals surface area contributed by atoms with E-state index >= 15 is 0 Å². The van der Waals surface area contributed by atoms with Crippen molar-refractivity contribution >= 4 is 11.6 Å². The molecule has 0 spiro atoms. The Bertz CT molecular complexity index is 820.